The quantitative estimate of drug-likeness (QED) is 0.182. The van der Waals surface area contributed by atoms with Gasteiger partial charge in [-0.25, -0.2) is 23.2 Å². The topological polar surface area (TPSA) is 102 Å². The lowest BCUT2D eigenvalue weighted by molar-refractivity contribution is -0.274. The summed E-state index contributed by atoms with van der Waals surface area (Å²) in [5.74, 6) is -0.403. The maximum atomic E-state index is 15.0. The average Bonchev–Trinajstić information content (AvgIpc) is 3.60. The van der Waals surface area contributed by atoms with Crippen molar-refractivity contribution in [3.8, 4) is 22.8 Å². The third kappa shape index (κ3) is 6.88. The van der Waals surface area contributed by atoms with Crippen molar-refractivity contribution in [3.63, 3.8) is 0 Å². The molecule has 3 amide bonds. The summed E-state index contributed by atoms with van der Waals surface area (Å²) in [6.07, 6.45) is -8.14. The van der Waals surface area contributed by atoms with E-state index >= 15 is 0 Å². The van der Waals surface area contributed by atoms with E-state index in [4.69, 9.17) is 0 Å². The van der Waals surface area contributed by atoms with Gasteiger partial charge in [-0.3, -0.25) is 9.69 Å². The van der Waals surface area contributed by atoms with Crippen molar-refractivity contribution < 1.29 is 36.3 Å². The van der Waals surface area contributed by atoms with E-state index in [-0.39, 0.29) is 34.0 Å². The number of halogens is 5. The Morgan fingerprint density at radius 3 is 2.32 bits per heavy atom. The van der Waals surface area contributed by atoms with Crippen LogP contribution < -0.4 is 15.0 Å². The first-order chi connectivity index (χ1) is 20.9. The van der Waals surface area contributed by atoms with Crippen LogP contribution in [-0.2, 0) is 4.79 Å². The molecule has 2 atom stereocenters. The molecule has 1 saturated heterocycles. The normalized spacial score (nSPS) is 15.8. The van der Waals surface area contributed by atoms with Crippen LogP contribution >= 0.6 is 11.8 Å². The third-order valence-corrected chi connectivity index (χ3v) is 7.38. The summed E-state index contributed by atoms with van der Waals surface area (Å²) in [6, 6.07) is 14.8. The number of para-hydroxylation sites is 1. The van der Waals surface area contributed by atoms with Gasteiger partial charge in [-0.05, 0) is 54.8 Å². The fourth-order valence-corrected chi connectivity index (χ4v) is 5.29. The monoisotopic (exact) mass is 630 g/mol. The molecule has 0 radical (unpaired) electrons. The molecular formula is C29H23F5N6O3S. The predicted octanol–water partition coefficient (Wildman–Crippen LogP) is 6.60. The summed E-state index contributed by atoms with van der Waals surface area (Å²) in [7, 11) is 0. The number of aromatic nitrogens is 3. The van der Waals surface area contributed by atoms with Gasteiger partial charge in [0.1, 0.15) is 12.1 Å². The average molecular weight is 631 g/mol. The number of carbonyl (C=O) groups excluding carboxylic acids is 2. The summed E-state index contributed by atoms with van der Waals surface area (Å²) in [5.41, 5.74) is 2.96. The highest BCUT2D eigenvalue weighted by molar-refractivity contribution is 8.15. The minimum absolute atomic E-state index is 0.0489. The first kappa shape index (κ1) is 30.7. The number of nitrogens with zero attached hydrogens (tertiary/aromatic N) is 5. The number of aliphatic imine (C=N–C) groups is 1. The van der Waals surface area contributed by atoms with Crippen molar-refractivity contribution in [1.29, 1.82) is 0 Å². The van der Waals surface area contributed by atoms with Gasteiger partial charge in [0.25, 0.3) is 0 Å². The number of rotatable bonds is 7. The lowest BCUT2D eigenvalue weighted by atomic mass is 10.1. The Labute approximate surface area is 251 Å². The Balaban J connectivity index is 1.23. The number of ether oxygens (including phenoxy) is 1. The Hall–Kier alpha value is -4.79. The van der Waals surface area contributed by atoms with Gasteiger partial charge in [0.15, 0.2) is 17.2 Å². The van der Waals surface area contributed by atoms with Gasteiger partial charge in [0.05, 0.1) is 17.1 Å². The van der Waals surface area contributed by atoms with Gasteiger partial charge in [0, 0.05) is 5.56 Å². The van der Waals surface area contributed by atoms with E-state index in [1.165, 1.54) is 52.3 Å². The van der Waals surface area contributed by atoms with Crippen LogP contribution in [0.5, 0.6) is 5.75 Å². The van der Waals surface area contributed by atoms with Crippen LogP contribution in [0.4, 0.5) is 32.4 Å². The summed E-state index contributed by atoms with van der Waals surface area (Å²) < 4.78 is 72.1. The number of hydrogen-bond donors (Lipinski definition) is 1. The molecule has 5 rings (SSSR count). The molecule has 1 fully saturated rings. The molecule has 0 bridgehead atoms. The molecule has 44 heavy (non-hydrogen) atoms. The van der Waals surface area contributed by atoms with E-state index in [0.717, 1.165) is 35.0 Å². The minimum Gasteiger partial charge on any atom is -0.406 e. The van der Waals surface area contributed by atoms with Crippen LogP contribution in [0.2, 0.25) is 0 Å². The Kier molecular flexibility index (Phi) is 8.67. The number of amidine groups is 1. The standard InChI is InChI=1S/C29H23F5N6O3S/c1-16-4-3-5-17(2)24(16)40-22(41)14-44-28(40)37-27(42)36-25(31)23(30)18-6-8-19(9-7-18)26-35-15-39(38-26)20-10-12-21(13-11-20)43-29(32,33)34/h3-13,15,23,25H,14H2,1-2H3,(H,36,42)/b37-28-. The van der Waals surface area contributed by atoms with Gasteiger partial charge in [-0.2, -0.15) is 4.99 Å². The van der Waals surface area contributed by atoms with E-state index in [0.29, 0.717) is 16.9 Å². The summed E-state index contributed by atoms with van der Waals surface area (Å²) >= 11 is 1.02. The van der Waals surface area contributed by atoms with E-state index in [9.17, 15) is 31.5 Å². The number of nitrogens with one attached hydrogen (secondary N) is 1. The number of thioether (sulfide) groups is 1. The van der Waals surface area contributed by atoms with Crippen molar-refractivity contribution in [1.82, 2.24) is 20.1 Å². The van der Waals surface area contributed by atoms with Gasteiger partial charge < -0.3 is 10.1 Å². The summed E-state index contributed by atoms with van der Waals surface area (Å²) in [6.45, 7) is 3.63. The van der Waals surface area contributed by atoms with Crippen molar-refractivity contribution in [3.05, 3.63) is 89.7 Å². The van der Waals surface area contributed by atoms with Crippen LogP contribution in [-0.4, -0.2) is 50.3 Å². The molecule has 0 saturated carbocycles. The molecule has 4 aromatic rings. The Bertz CT molecular complexity index is 1690. The third-order valence-electron chi connectivity index (χ3n) is 6.46. The number of alkyl halides is 5. The summed E-state index contributed by atoms with van der Waals surface area (Å²) in [4.78, 5) is 34.4. The number of aryl methyl sites for hydroxylation is 2. The Morgan fingerprint density at radius 2 is 1.68 bits per heavy atom. The van der Waals surface area contributed by atoms with Gasteiger partial charge in [-0.1, -0.05) is 54.2 Å². The lowest BCUT2D eigenvalue weighted by Gasteiger charge is -2.21. The van der Waals surface area contributed by atoms with E-state index in [1.54, 1.807) is 0 Å². The molecule has 1 N–H and O–H groups in total. The molecule has 0 spiro atoms. The minimum atomic E-state index is -4.81. The van der Waals surface area contributed by atoms with Crippen LogP contribution in [0.25, 0.3) is 17.1 Å². The van der Waals surface area contributed by atoms with Crippen molar-refractivity contribution in [2.45, 2.75) is 32.7 Å². The molecule has 9 nitrogen and oxygen atoms in total. The first-order valence-electron chi connectivity index (χ1n) is 13.0. The highest BCUT2D eigenvalue weighted by Gasteiger charge is 2.33. The number of amides is 3. The first-order valence-corrected chi connectivity index (χ1v) is 14.0. The molecule has 3 aromatic carbocycles. The van der Waals surface area contributed by atoms with E-state index in [2.05, 4.69) is 19.8 Å². The van der Waals surface area contributed by atoms with Crippen LogP contribution in [0.3, 0.4) is 0 Å². The van der Waals surface area contributed by atoms with Crippen LogP contribution in [0.15, 0.2) is 78.0 Å². The predicted molar refractivity (Wildman–Crippen MR) is 154 cm³/mol. The second kappa shape index (κ2) is 12.4. The number of benzene rings is 3. The molecule has 1 aliphatic heterocycles. The molecule has 228 valence electrons. The summed E-state index contributed by atoms with van der Waals surface area (Å²) in [5, 5.41) is 6.22. The zero-order valence-electron chi connectivity index (χ0n) is 23.0. The van der Waals surface area contributed by atoms with Gasteiger partial charge in [0.2, 0.25) is 12.2 Å². The maximum absolute atomic E-state index is 15.0. The van der Waals surface area contributed by atoms with Crippen molar-refractivity contribution >= 4 is 34.6 Å². The molecule has 0 aliphatic carbocycles. The zero-order chi connectivity index (χ0) is 31.6. The smallest absolute Gasteiger partial charge is 0.406 e. The highest BCUT2D eigenvalue weighted by atomic mass is 32.2. The lowest BCUT2D eigenvalue weighted by Crippen LogP contribution is -2.35. The van der Waals surface area contributed by atoms with E-state index < -0.39 is 24.9 Å². The van der Waals surface area contributed by atoms with Crippen molar-refractivity contribution in [2.75, 3.05) is 10.7 Å². The van der Waals surface area contributed by atoms with Gasteiger partial charge in [-0.15, -0.1) is 18.3 Å². The number of carbonyl (C=O) groups is 2. The molecular weight excluding hydrogens is 607 g/mol. The molecule has 1 aliphatic rings. The molecule has 15 heteroatoms. The highest BCUT2D eigenvalue weighted by Crippen LogP contribution is 2.32. The largest absolute Gasteiger partial charge is 0.573 e. The maximum Gasteiger partial charge on any atom is 0.573 e. The number of anilines is 1. The molecule has 2 heterocycles. The fourth-order valence-electron chi connectivity index (χ4n) is 4.44. The van der Waals surface area contributed by atoms with E-state index in [1.807, 2.05) is 37.4 Å². The fraction of sp³-hybridized carbons (Fsp3) is 0.207. The second-order valence-electron chi connectivity index (χ2n) is 9.58. The zero-order valence-corrected chi connectivity index (χ0v) is 23.9. The second-order valence-corrected chi connectivity index (χ2v) is 10.5. The number of urea groups is 1. The molecule has 2 unspecified atom stereocenters. The SMILES string of the molecule is Cc1cccc(C)c1N1C(=O)CS/C1=N\C(=O)NC(F)C(F)c1ccc(-c2ncn(-c3ccc(OC(F)(F)F)cc3)n2)cc1. The molecule has 1 aromatic heterocycles. The van der Waals surface area contributed by atoms with Crippen molar-refractivity contribution in [2.24, 2.45) is 4.99 Å². The number of hydrogen-bond acceptors (Lipinski definition) is 6. The van der Waals surface area contributed by atoms with Crippen LogP contribution in [0, 0.1) is 13.8 Å². The van der Waals surface area contributed by atoms with Gasteiger partial charge >= 0.3 is 12.4 Å². The Morgan fingerprint density at radius 1 is 1.02 bits per heavy atom. The van der Waals surface area contributed by atoms with Crippen LogP contribution in [0.1, 0.15) is 22.9 Å².